The summed E-state index contributed by atoms with van der Waals surface area (Å²) in [4.78, 5) is 16.3. The van der Waals surface area contributed by atoms with Gasteiger partial charge < -0.3 is 16.6 Å². The number of amides is 1. The van der Waals surface area contributed by atoms with E-state index in [-0.39, 0.29) is 17.1 Å². The van der Waals surface area contributed by atoms with Crippen molar-refractivity contribution < 1.29 is 9.90 Å². The fraction of sp³-hybridized carbons (Fsp3) is 0.125. The molecule has 0 saturated heterocycles. The number of primary amides is 1. The summed E-state index contributed by atoms with van der Waals surface area (Å²) >= 11 is 2.12. The first-order valence-corrected chi connectivity index (χ1v) is 7.95. The Hall–Kier alpha value is -2.29. The molecular formula is C16H15IN4O2. The summed E-state index contributed by atoms with van der Waals surface area (Å²) in [6, 6.07) is 5.24. The fourth-order valence-electron chi connectivity index (χ4n) is 2.81. The molecule has 0 radical (unpaired) electrons. The summed E-state index contributed by atoms with van der Waals surface area (Å²) in [5, 5.41) is 10.6. The zero-order valence-electron chi connectivity index (χ0n) is 12.6. The number of hydrogen-bond donors (Lipinski definition) is 3. The monoisotopic (exact) mass is 422 g/mol. The number of nitrogen functional groups attached to an aromatic ring is 1. The highest BCUT2D eigenvalue weighted by atomic mass is 127. The van der Waals surface area contributed by atoms with Crippen molar-refractivity contribution in [3.8, 4) is 11.4 Å². The van der Waals surface area contributed by atoms with E-state index in [1.807, 2.05) is 13.0 Å². The summed E-state index contributed by atoms with van der Waals surface area (Å²) in [6.07, 6.45) is 1.69. The number of pyridine rings is 1. The van der Waals surface area contributed by atoms with E-state index >= 15 is 0 Å². The molecule has 0 atom stereocenters. The quantitative estimate of drug-likeness (QED) is 0.552. The van der Waals surface area contributed by atoms with Crippen molar-refractivity contribution in [3.05, 3.63) is 44.7 Å². The van der Waals surface area contributed by atoms with Crippen LogP contribution >= 0.6 is 22.6 Å². The molecule has 0 aliphatic rings. The highest BCUT2D eigenvalue weighted by molar-refractivity contribution is 14.1. The Balaban J connectivity index is 2.52. The first-order chi connectivity index (χ1) is 10.8. The van der Waals surface area contributed by atoms with Crippen molar-refractivity contribution in [1.29, 1.82) is 0 Å². The van der Waals surface area contributed by atoms with Gasteiger partial charge in [0, 0.05) is 20.7 Å². The highest BCUT2D eigenvalue weighted by Gasteiger charge is 2.23. The molecule has 3 aromatic rings. The third-order valence-electron chi connectivity index (χ3n) is 3.89. The molecule has 1 aromatic carbocycles. The Labute approximate surface area is 146 Å². The van der Waals surface area contributed by atoms with Crippen LogP contribution in [0.5, 0.6) is 5.75 Å². The number of phenols is 1. The second-order valence-corrected chi connectivity index (χ2v) is 6.61. The van der Waals surface area contributed by atoms with Gasteiger partial charge in [-0.3, -0.25) is 9.36 Å². The Morgan fingerprint density at radius 3 is 2.70 bits per heavy atom. The third-order valence-corrected chi connectivity index (χ3v) is 4.48. The van der Waals surface area contributed by atoms with Crippen LogP contribution in [0.3, 0.4) is 0 Å². The minimum Gasteiger partial charge on any atom is -0.508 e. The zero-order chi connectivity index (χ0) is 16.9. The first kappa shape index (κ1) is 15.6. The van der Waals surface area contributed by atoms with Crippen molar-refractivity contribution in [2.24, 2.45) is 5.73 Å². The zero-order valence-corrected chi connectivity index (χ0v) is 14.7. The summed E-state index contributed by atoms with van der Waals surface area (Å²) in [5.74, 6) is -0.234. The molecular weight excluding hydrogens is 407 g/mol. The lowest BCUT2D eigenvalue weighted by atomic mass is 10.1. The molecule has 6 nitrogen and oxygen atoms in total. The SMILES string of the molecule is Cc1ccc(O)c(C)c1-n1c(N)c(C(N)=O)c2cc(I)cnc21. The molecule has 0 aliphatic heterocycles. The number of carbonyl (C=O) groups is 1. The predicted octanol–water partition coefficient (Wildman–Crippen LogP) is 2.63. The number of anilines is 1. The van der Waals surface area contributed by atoms with Gasteiger partial charge in [-0.15, -0.1) is 0 Å². The maximum absolute atomic E-state index is 11.9. The lowest BCUT2D eigenvalue weighted by molar-refractivity contribution is 0.100. The van der Waals surface area contributed by atoms with Crippen LogP contribution in [0.4, 0.5) is 5.82 Å². The molecule has 7 heteroatoms. The Morgan fingerprint density at radius 2 is 2.04 bits per heavy atom. The number of nitrogens with zero attached hydrogens (tertiary/aromatic N) is 2. The van der Waals surface area contributed by atoms with Crippen LogP contribution < -0.4 is 11.5 Å². The number of phenolic OH excluding ortho intramolecular Hbond substituents is 1. The summed E-state index contributed by atoms with van der Waals surface area (Å²) in [5.41, 5.74) is 14.8. The minimum atomic E-state index is -0.606. The molecule has 0 unspecified atom stereocenters. The molecule has 2 heterocycles. The molecule has 0 aliphatic carbocycles. The number of benzene rings is 1. The number of aryl methyl sites for hydroxylation is 1. The summed E-state index contributed by atoms with van der Waals surface area (Å²) < 4.78 is 2.55. The largest absolute Gasteiger partial charge is 0.508 e. The predicted molar refractivity (Wildman–Crippen MR) is 97.9 cm³/mol. The third kappa shape index (κ3) is 2.31. The van der Waals surface area contributed by atoms with E-state index in [4.69, 9.17) is 11.5 Å². The number of nitrogens with two attached hydrogens (primary N) is 2. The van der Waals surface area contributed by atoms with E-state index in [0.29, 0.717) is 22.3 Å². The van der Waals surface area contributed by atoms with Crippen molar-refractivity contribution in [2.75, 3.05) is 5.73 Å². The van der Waals surface area contributed by atoms with Gasteiger partial charge >= 0.3 is 0 Å². The first-order valence-electron chi connectivity index (χ1n) is 6.87. The normalized spacial score (nSPS) is 11.1. The highest BCUT2D eigenvalue weighted by Crippen LogP contribution is 2.35. The molecule has 23 heavy (non-hydrogen) atoms. The van der Waals surface area contributed by atoms with Crippen LogP contribution in [0.2, 0.25) is 0 Å². The van der Waals surface area contributed by atoms with Crippen molar-refractivity contribution >= 4 is 45.3 Å². The smallest absolute Gasteiger partial charge is 0.253 e. The van der Waals surface area contributed by atoms with Gasteiger partial charge in [0.1, 0.15) is 17.2 Å². The molecule has 2 aromatic heterocycles. The molecule has 0 saturated carbocycles. The fourth-order valence-corrected chi connectivity index (χ4v) is 3.26. The van der Waals surface area contributed by atoms with Crippen LogP contribution in [-0.2, 0) is 0 Å². The maximum atomic E-state index is 11.9. The average Bonchev–Trinajstić information content (AvgIpc) is 2.75. The molecule has 0 spiro atoms. The molecule has 5 N–H and O–H groups in total. The second-order valence-electron chi connectivity index (χ2n) is 5.36. The Bertz CT molecular complexity index is 963. The van der Waals surface area contributed by atoms with Crippen LogP contribution in [-0.4, -0.2) is 20.6 Å². The standard InChI is InChI=1S/C16H15IN4O2/c1-7-3-4-11(22)8(2)13(7)21-14(18)12(15(19)23)10-5-9(17)6-20-16(10)21/h3-6,22H,18H2,1-2H3,(H2,19,23). The topological polar surface area (TPSA) is 107 Å². The molecule has 118 valence electrons. The molecule has 3 rings (SSSR count). The van der Waals surface area contributed by atoms with E-state index in [2.05, 4.69) is 27.6 Å². The lowest BCUT2D eigenvalue weighted by Gasteiger charge is -2.15. The van der Waals surface area contributed by atoms with E-state index in [9.17, 15) is 9.90 Å². The van der Waals surface area contributed by atoms with E-state index in [1.165, 1.54) is 0 Å². The van der Waals surface area contributed by atoms with Gasteiger partial charge in [0.2, 0.25) is 0 Å². The van der Waals surface area contributed by atoms with Crippen LogP contribution in [0.1, 0.15) is 21.5 Å². The van der Waals surface area contributed by atoms with Gasteiger partial charge in [0.05, 0.1) is 11.3 Å². The van der Waals surface area contributed by atoms with Crippen LogP contribution in [0.25, 0.3) is 16.7 Å². The van der Waals surface area contributed by atoms with Crippen molar-refractivity contribution in [2.45, 2.75) is 13.8 Å². The number of aromatic hydroxyl groups is 1. The van der Waals surface area contributed by atoms with E-state index in [1.54, 1.807) is 29.8 Å². The number of carbonyl (C=O) groups excluding carboxylic acids is 1. The maximum Gasteiger partial charge on any atom is 0.253 e. The number of rotatable bonds is 2. The number of fused-ring (bicyclic) bond motifs is 1. The van der Waals surface area contributed by atoms with Gasteiger partial charge in [0.25, 0.3) is 5.91 Å². The number of halogens is 1. The number of aromatic nitrogens is 2. The van der Waals surface area contributed by atoms with Crippen molar-refractivity contribution in [1.82, 2.24) is 9.55 Å². The lowest BCUT2D eigenvalue weighted by Crippen LogP contribution is -2.14. The van der Waals surface area contributed by atoms with Gasteiger partial charge in [0.15, 0.2) is 0 Å². The van der Waals surface area contributed by atoms with Gasteiger partial charge in [-0.2, -0.15) is 0 Å². The molecule has 0 bridgehead atoms. The molecule has 1 amide bonds. The average molecular weight is 422 g/mol. The minimum absolute atomic E-state index is 0.151. The Morgan fingerprint density at radius 1 is 1.35 bits per heavy atom. The summed E-state index contributed by atoms with van der Waals surface area (Å²) in [7, 11) is 0. The number of hydrogen-bond acceptors (Lipinski definition) is 4. The van der Waals surface area contributed by atoms with E-state index < -0.39 is 5.91 Å². The second kappa shape index (κ2) is 5.41. The van der Waals surface area contributed by atoms with Crippen LogP contribution in [0.15, 0.2) is 24.4 Å². The molecule has 0 fully saturated rings. The van der Waals surface area contributed by atoms with Gasteiger partial charge in [-0.1, -0.05) is 6.07 Å². The van der Waals surface area contributed by atoms with E-state index in [0.717, 1.165) is 9.13 Å². The van der Waals surface area contributed by atoms with Gasteiger partial charge in [-0.25, -0.2) is 4.98 Å². The van der Waals surface area contributed by atoms with Crippen LogP contribution in [0, 0.1) is 17.4 Å². The van der Waals surface area contributed by atoms with Crippen molar-refractivity contribution in [3.63, 3.8) is 0 Å². The van der Waals surface area contributed by atoms with Gasteiger partial charge in [-0.05, 0) is 54.1 Å². The summed E-state index contributed by atoms with van der Waals surface area (Å²) in [6.45, 7) is 3.70. The Kier molecular flexibility index (Phi) is 3.67.